The Morgan fingerprint density at radius 1 is 0.824 bits per heavy atom. The number of phenols is 2. The van der Waals surface area contributed by atoms with E-state index in [2.05, 4.69) is 36.4 Å². The van der Waals surface area contributed by atoms with Gasteiger partial charge in [0.25, 0.3) is 0 Å². The lowest BCUT2D eigenvalue weighted by Crippen LogP contribution is -2.30. The van der Waals surface area contributed by atoms with E-state index in [0.717, 1.165) is 53.3 Å². The molecule has 5 rings (SSSR count). The van der Waals surface area contributed by atoms with Gasteiger partial charge in [0.2, 0.25) is 3.79 Å². The van der Waals surface area contributed by atoms with Gasteiger partial charge in [-0.2, -0.15) is 0 Å². The van der Waals surface area contributed by atoms with Gasteiger partial charge < -0.3 is 14.9 Å². The van der Waals surface area contributed by atoms with Crippen LogP contribution in [-0.2, 0) is 10.2 Å². The smallest absolute Gasteiger partial charge is 0.216 e. The summed E-state index contributed by atoms with van der Waals surface area (Å²) in [6, 6.07) is 18.5. The van der Waals surface area contributed by atoms with Gasteiger partial charge in [0.05, 0.1) is 0 Å². The number of hydrogen-bond donors (Lipinski definition) is 2. The number of fused-ring (bicyclic) bond motifs is 6. The highest BCUT2D eigenvalue weighted by Gasteiger charge is 2.42. The summed E-state index contributed by atoms with van der Waals surface area (Å²) in [5, 5.41) is 24.0. The molecule has 0 aliphatic carbocycles. The van der Waals surface area contributed by atoms with Crippen LogP contribution in [0.1, 0.15) is 25.0 Å². The lowest BCUT2D eigenvalue weighted by Gasteiger charge is -2.40. The molecule has 0 fully saturated rings. The Balaban J connectivity index is 1.91. The summed E-state index contributed by atoms with van der Waals surface area (Å²) in [7, 11) is 0. The van der Waals surface area contributed by atoms with Gasteiger partial charge in [-0.15, -0.1) is 0 Å². The monoisotopic (exact) mass is 674 g/mol. The highest BCUT2D eigenvalue weighted by atomic mass is 127. The van der Waals surface area contributed by atoms with Gasteiger partial charge in [-0.25, -0.2) is 0 Å². The molecule has 0 spiro atoms. The van der Waals surface area contributed by atoms with Crippen molar-refractivity contribution in [2.75, 3.05) is 0 Å². The van der Waals surface area contributed by atoms with Crippen LogP contribution in [0.15, 0.2) is 82.0 Å². The fourth-order valence-corrected chi connectivity index (χ4v) is 6.62. The average Bonchev–Trinajstić information content (AvgIpc) is 2.77. The van der Waals surface area contributed by atoms with Crippen LogP contribution in [0.2, 0.25) is 0 Å². The lowest BCUT2D eigenvalue weighted by atomic mass is 9.66. The largest absolute Gasteiger partial charge is 0.508 e. The van der Waals surface area contributed by atoms with E-state index in [1.165, 1.54) is 0 Å². The van der Waals surface area contributed by atoms with Gasteiger partial charge in [-0.3, -0.25) is 4.79 Å². The van der Waals surface area contributed by atoms with Gasteiger partial charge in [-0.05, 0) is 100 Å². The Hall–Kier alpha value is -2.59. The Bertz CT molecular complexity index is 1480. The molecule has 0 saturated carbocycles. The van der Waals surface area contributed by atoms with Crippen LogP contribution in [0.25, 0.3) is 21.5 Å². The van der Waals surface area contributed by atoms with E-state index in [1.807, 2.05) is 42.5 Å². The lowest BCUT2D eigenvalue weighted by molar-refractivity contribution is -0.105. The summed E-state index contributed by atoms with van der Waals surface area (Å²) in [5.74, 6) is 1.92. The van der Waals surface area contributed by atoms with Crippen molar-refractivity contribution in [1.82, 2.24) is 0 Å². The van der Waals surface area contributed by atoms with Gasteiger partial charge in [0.15, 0.2) is 0 Å². The predicted octanol–water partition coefficient (Wildman–Crippen LogP) is 8.04. The Morgan fingerprint density at radius 2 is 1.32 bits per heavy atom. The van der Waals surface area contributed by atoms with Crippen LogP contribution in [0.4, 0.5) is 0 Å². The number of rotatable bonds is 3. The molecular weight excluding hydrogens is 654 g/mol. The standard InChI is InChI=1S/C28H20I2O4/c1-15(11-18(29)14-25(30)33)28(2)26-21-7-5-19(31)12-16(21)3-9-23(26)34-24-10-4-17-13-20(32)6-8-22(17)27(24)28/h3-14,31-32H,1-2H3/b15-11+,18-14+. The Kier molecular flexibility index (Phi) is 5.84. The summed E-state index contributed by atoms with van der Waals surface area (Å²) < 4.78 is 7.24. The average molecular weight is 674 g/mol. The number of carbonyl (C=O) groups excluding carboxylic acids is 1. The number of hydrogen-bond acceptors (Lipinski definition) is 4. The predicted molar refractivity (Wildman–Crippen MR) is 153 cm³/mol. The SMILES string of the molecule is C/C(=C\C(I)=C/C(=O)I)C1(C)c2c(ccc3cc(O)ccc23)Oc2ccc3cc(O)ccc3c21. The molecule has 1 aliphatic rings. The van der Waals surface area contributed by atoms with Crippen molar-refractivity contribution in [3.05, 3.63) is 93.1 Å². The second-order valence-corrected chi connectivity index (χ2v) is 10.9. The van der Waals surface area contributed by atoms with Crippen LogP contribution in [0.5, 0.6) is 23.0 Å². The van der Waals surface area contributed by atoms with E-state index in [0.29, 0.717) is 0 Å². The fraction of sp³-hybridized carbons (Fsp3) is 0.107. The van der Waals surface area contributed by atoms with Gasteiger partial charge in [0, 0.05) is 48.8 Å². The summed E-state index contributed by atoms with van der Waals surface area (Å²) >= 11 is 3.96. The van der Waals surface area contributed by atoms with Crippen molar-refractivity contribution < 1.29 is 19.7 Å². The Morgan fingerprint density at radius 3 is 1.79 bits per heavy atom. The van der Waals surface area contributed by atoms with Crippen LogP contribution in [0.3, 0.4) is 0 Å². The van der Waals surface area contributed by atoms with E-state index in [1.54, 1.807) is 52.9 Å². The molecule has 170 valence electrons. The second-order valence-electron chi connectivity index (χ2n) is 8.58. The molecule has 34 heavy (non-hydrogen) atoms. The van der Waals surface area contributed by atoms with Crippen LogP contribution in [-0.4, -0.2) is 14.0 Å². The molecule has 2 N–H and O–H groups in total. The van der Waals surface area contributed by atoms with Crippen LogP contribution in [0, 0.1) is 0 Å². The third-order valence-electron chi connectivity index (χ3n) is 6.54. The number of carbonyl (C=O) groups is 1. The molecule has 0 aromatic heterocycles. The number of aromatic hydroxyl groups is 2. The minimum atomic E-state index is -0.617. The van der Waals surface area contributed by atoms with E-state index in [4.69, 9.17) is 4.74 Å². The number of allylic oxidation sites excluding steroid dienone is 4. The van der Waals surface area contributed by atoms with E-state index < -0.39 is 5.41 Å². The number of halogens is 2. The maximum atomic E-state index is 11.7. The maximum absolute atomic E-state index is 11.7. The molecule has 1 heterocycles. The van der Waals surface area contributed by atoms with Crippen molar-refractivity contribution in [3.8, 4) is 23.0 Å². The van der Waals surface area contributed by atoms with Crippen molar-refractivity contribution in [1.29, 1.82) is 0 Å². The van der Waals surface area contributed by atoms with Gasteiger partial charge in [0.1, 0.15) is 23.0 Å². The van der Waals surface area contributed by atoms with E-state index in [-0.39, 0.29) is 15.3 Å². The van der Waals surface area contributed by atoms with E-state index >= 15 is 0 Å². The fourth-order valence-electron chi connectivity index (χ4n) is 4.94. The number of benzene rings is 4. The molecule has 0 saturated heterocycles. The second kappa shape index (κ2) is 8.57. The number of phenolic OH excluding ortho intramolecular Hbond substituents is 2. The minimum absolute atomic E-state index is 0.0363. The number of ether oxygens (including phenoxy) is 1. The van der Waals surface area contributed by atoms with Gasteiger partial charge >= 0.3 is 0 Å². The topological polar surface area (TPSA) is 66.8 Å². The first kappa shape index (κ1) is 23.2. The molecule has 0 unspecified atom stereocenters. The first-order chi connectivity index (χ1) is 16.2. The molecule has 0 bridgehead atoms. The van der Waals surface area contributed by atoms with Crippen molar-refractivity contribution in [2.45, 2.75) is 19.3 Å². The first-order valence-corrected chi connectivity index (χ1v) is 12.8. The van der Waals surface area contributed by atoms with Gasteiger partial charge in [-0.1, -0.05) is 29.8 Å². The minimum Gasteiger partial charge on any atom is -0.508 e. The van der Waals surface area contributed by atoms with E-state index in [9.17, 15) is 15.0 Å². The zero-order chi connectivity index (χ0) is 24.2. The quantitative estimate of drug-likeness (QED) is 0.100. The van der Waals surface area contributed by atoms with Crippen molar-refractivity contribution in [3.63, 3.8) is 0 Å². The summed E-state index contributed by atoms with van der Waals surface area (Å²) in [5.41, 5.74) is 2.42. The molecule has 0 amide bonds. The summed E-state index contributed by atoms with van der Waals surface area (Å²) in [6.07, 6.45) is 3.64. The maximum Gasteiger partial charge on any atom is 0.216 e. The molecule has 1 aliphatic heterocycles. The Labute approximate surface area is 224 Å². The van der Waals surface area contributed by atoms with Crippen molar-refractivity contribution in [2.24, 2.45) is 0 Å². The summed E-state index contributed by atoms with van der Waals surface area (Å²) in [6.45, 7) is 4.24. The molecule has 4 nitrogen and oxygen atoms in total. The first-order valence-electron chi connectivity index (χ1n) is 10.6. The molecular formula is C28H20I2O4. The van der Waals surface area contributed by atoms with Crippen LogP contribution >= 0.6 is 45.2 Å². The normalized spacial score (nSPS) is 15.1. The zero-order valence-corrected chi connectivity index (χ0v) is 22.7. The summed E-state index contributed by atoms with van der Waals surface area (Å²) in [4.78, 5) is 11.7. The zero-order valence-electron chi connectivity index (χ0n) is 18.4. The highest BCUT2D eigenvalue weighted by molar-refractivity contribution is 14.1. The molecule has 4 aromatic carbocycles. The van der Waals surface area contributed by atoms with Crippen LogP contribution < -0.4 is 4.74 Å². The molecule has 4 aromatic rings. The third-order valence-corrected chi connectivity index (χ3v) is 7.48. The van der Waals surface area contributed by atoms with Crippen molar-refractivity contribution >= 4 is 70.5 Å². The molecule has 0 radical (unpaired) electrons. The molecule has 6 heteroatoms. The third kappa shape index (κ3) is 3.76. The molecule has 0 atom stereocenters. The highest BCUT2D eigenvalue weighted by Crippen LogP contribution is 2.56.